The molecule has 0 aliphatic rings. The van der Waals surface area contributed by atoms with E-state index in [2.05, 4.69) is 5.32 Å². The first-order valence-corrected chi connectivity index (χ1v) is 7.52. The van der Waals surface area contributed by atoms with E-state index in [0.717, 1.165) is 11.3 Å². The van der Waals surface area contributed by atoms with Crippen LogP contribution in [0.5, 0.6) is 0 Å². The number of nitrogens with one attached hydrogen (secondary N) is 1. The minimum absolute atomic E-state index is 0.0257. The second-order valence-electron chi connectivity index (χ2n) is 4.74. The zero-order valence-electron chi connectivity index (χ0n) is 12.3. The molecule has 0 radical (unpaired) electrons. The lowest BCUT2D eigenvalue weighted by molar-refractivity contribution is -0.115. The predicted molar refractivity (Wildman–Crippen MR) is 84.6 cm³/mol. The van der Waals surface area contributed by atoms with Crippen LogP contribution >= 0.6 is 11.6 Å². The van der Waals surface area contributed by atoms with E-state index in [9.17, 15) is 4.79 Å². The molecule has 0 aromatic heterocycles. The number of hydrogen-bond donors (Lipinski definition) is 3. The van der Waals surface area contributed by atoms with E-state index in [1.807, 2.05) is 29.2 Å². The highest BCUT2D eigenvalue weighted by atomic mass is 35.5. The molecule has 0 aliphatic heterocycles. The third-order valence-corrected chi connectivity index (χ3v) is 3.52. The van der Waals surface area contributed by atoms with Crippen LogP contribution in [0.1, 0.15) is 24.3 Å². The van der Waals surface area contributed by atoms with Crippen LogP contribution in [0.3, 0.4) is 0 Å². The van der Waals surface area contributed by atoms with Crippen LogP contribution in [-0.2, 0) is 4.79 Å². The Morgan fingerprint density at radius 2 is 1.81 bits per heavy atom. The number of aliphatic hydroxyl groups is 2. The first-order chi connectivity index (χ1) is 10.1. The summed E-state index contributed by atoms with van der Waals surface area (Å²) < 4.78 is 0. The lowest BCUT2D eigenvalue weighted by Gasteiger charge is -2.23. The smallest absolute Gasteiger partial charge is 0.224 e. The summed E-state index contributed by atoms with van der Waals surface area (Å²) in [6.07, 6.45) is 0.442. The first kappa shape index (κ1) is 17.9. The second-order valence-corrected chi connectivity index (χ2v) is 5.27. The van der Waals surface area contributed by atoms with Crippen molar-refractivity contribution in [2.75, 3.05) is 38.2 Å². The van der Waals surface area contributed by atoms with Crippen LogP contribution < -0.4 is 5.32 Å². The Labute approximate surface area is 130 Å². The maximum Gasteiger partial charge on any atom is 0.224 e. The van der Waals surface area contributed by atoms with E-state index in [1.165, 1.54) is 0 Å². The maximum atomic E-state index is 11.3. The number of alkyl halides is 1. The van der Waals surface area contributed by atoms with Gasteiger partial charge in [0.25, 0.3) is 0 Å². The van der Waals surface area contributed by atoms with Gasteiger partial charge in [0, 0.05) is 31.7 Å². The Kier molecular flexibility index (Phi) is 8.30. The van der Waals surface area contributed by atoms with Crippen molar-refractivity contribution < 1.29 is 15.0 Å². The van der Waals surface area contributed by atoms with Gasteiger partial charge in [-0.2, -0.15) is 0 Å². The summed E-state index contributed by atoms with van der Waals surface area (Å²) in [4.78, 5) is 13.2. The number of amides is 1. The molecule has 6 heteroatoms. The van der Waals surface area contributed by atoms with Gasteiger partial charge in [0.1, 0.15) is 0 Å². The van der Waals surface area contributed by atoms with E-state index < -0.39 is 0 Å². The number of halogens is 1. The summed E-state index contributed by atoms with van der Waals surface area (Å²) in [5.74, 6) is -0.0257. The number of carbonyl (C=O) groups is 1. The quantitative estimate of drug-likeness (QED) is 0.605. The Morgan fingerprint density at radius 3 is 2.29 bits per heavy atom. The molecule has 0 saturated heterocycles. The number of rotatable bonds is 9. The van der Waals surface area contributed by atoms with Crippen LogP contribution in [0.2, 0.25) is 0 Å². The van der Waals surface area contributed by atoms with Gasteiger partial charge in [0.15, 0.2) is 0 Å². The number of nitrogens with zero attached hydrogens (tertiary/aromatic N) is 1. The van der Waals surface area contributed by atoms with Crippen LogP contribution in [0.25, 0.3) is 0 Å². The largest absolute Gasteiger partial charge is 0.395 e. The molecule has 3 N–H and O–H groups in total. The summed E-state index contributed by atoms with van der Waals surface area (Å²) in [7, 11) is 0. The monoisotopic (exact) mass is 314 g/mol. The lowest BCUT2D eigenvalue weighted by Crippen LogP contribution is -2.32. The summed E-state index contributed by atoms with van der Waals surface area (Å²) in [5, 5.41) is 20.5. The third-order valence-electron chi connectivity index (χ3n) is 3.13. The molecule has 1 aromatic carbocycles. The molecule has 0 saturated carbocycles. The Balaban J connectivity index is 2.61. The topological polar surface area (TPSA) is 72.8 Å². The average Bonchev–Trinajstić information content (AvgIpc) is 2.48. The number of anilines is 1. The van der Waals surface area contributed by atoms with E-state index >= 15 is 0 Å². The van der Waals surface area contributed by atoms with Crippen molar-refractivity contribution in [1.82, 2.24) is 4.90 Å². The fraction of sp³-hybridized carbons (Fsp3) is 0.533. The molecule has 118 valence electrons. The van der Waals surface area contributed by atoms with Crippen molar-refractivity contribution in [2.45, 2.75) is 18.7 Å². The van der Waals surface area contributed by atoms with Crippen molar-refractivity contribution in [2.24, 2.45) is 0 Å². The molecule has 0 bridgehead atoms. The molecule has 0 spiro atoms. The van der Waals surface area contributed by atoms with Gasteiger partial charge in [-0.15, -0.1) is 11.6 Å². The van der Waals surface area contributed by atoms with Crippen LogP contribution in [0.15, 0.2) is 24.3 Å². The molecule has 21 heavy (non-hydrogen) atoms. The average molecular weight is 315 g/mol. The van der Waals surface area contributed by atoms with E-state index in [-0.39, 0.29) is 24.5 Å². The van der Waals surface area contributed by atoms with Crippen LogP contribution in [-0.4, -0.2) is 53.9 Å². The van der Waals surface area contributed by atoms with E-state index in [1.54, 1.807) is 6.92 Å². The predicted octanol–water partition coefficient (Wildman–Crippen LogP) is 1.60. The SMILES string of the molecule is CCC(=O)Nc1ccc(C(Cl)CN(CCO)CCO)cc1. The van der Waals surface area contributed by atoms with Gasteiger partial charge < -0.3 is 15.5 Å². The molecule has 0 aliphatic carbocycles. The van der Waals surface area contributed by atoms with Crippen molar-refractivity contribution in [3.8, 4) is 0 Å². The normalized spacial score (nSPS) is 12.4. The minimum Gasteiger partial charge on any atom is -0.395 e. The highest BCUT2D eigenvalue weighted by Crippen LogP contribution is 2.23. The summed E-state index contributed by atoms with van der Waals surface area (Å²) >= 11 is 6.37. The lowest BCUT2D eigenvalue weighted by atomic mass is 10.1. The second kappa shape index (κ2) is 9.73. The zero-order valence-corrected chi connectivity index (χ0v) is 13.0. The number of benzene rings is 1. The first-order valence-electron chi connectivity index (χ1n) is 7.08. The molecular weight excluding hydrogens is 292 g/mol. The Hall–Kier alpha value is -1.14. The van der Waals surface area contributed by atoms with Crippen LogP contribution in [0, 0.1) is 0 Å². The zero-order chi connectivity index (χ0) is 15.7. The van der Waals surface area contributed by atoms with Crippen LogP contribution in [0.4, 0.5) is 5.69 Å². The Bertz CT molecular complexity index is 419. The van der Waals surface area contributed by atoms with Gasteiger partial charge in [-0.1, -0.05) is 19.1 Å². The maximum absolute atomic E-state index is 11.3. The standard InChI is InChI=1S/C15H23ClN2O3/c1-2-15(21)17-13-5-3-12(4-6-13)14(16)11-18(7-9-19)8-10-20/h3-6,14,19-20H,2,7-11H2,1H3,(H,17,21). The minimum atomic E-state index is -0.237. The molecule has 1 rings (SSSR count). The molecule has 5 nitrogen and oxygen atoms in total. The van der Waals surface area contributed by atoms with Gasteiger partial charge >= 0.3 is 0 Å². The van der Waals surface area contributed by atoms with Gasteiger partial charge in [-0.3, -0.25) is 9.69 Å². The summed E-state index contributed by atoms with van der Waals surface area (Å²) in [6, 6.07) is 7.39. The van der Waals surface area contributed by atoms with Gasteiger partial charge in [0.05, 0.1) is 18.6 Å². The molecule has 1 atom stereocenters. The molecule has 1 unspecified atom stereocenters. The van der Waals surface area contributed by atoms with E-state index in [0.29, 0.717) is 26.1 Å². The summed E-state index contributed by atoms with van der Waals surface area (Å²) in [5.41, 5.74) is 1.68. The molecule has 1 aromatic rings. The van der Waals surface area contributed by atoms with Crippen molar-refractivity contribution in [1.29, 1.82) is 0 Å². The number of aliphatic hydroxyl groups excluding tert-OH is 2. The number of hydrogen-bond acceptors (Lipinski definition) is 4. The summed E-state index contributed by atoms with van der Waals surface area (Å²) in [6.45, 7) is 3.37. The van der Waals surface area contributed by atoms with Gasteiger partial charge in [-0.05, 0) is 17.7 Å². The van der Waals surface area contributed by atoms with Gasteiger partial charge in [-0.25, -0.2) is 0 Å². The fourth-order valence-electron chi connectivity index (χ4n) is 1.93. The Morgan fingerprint density at radius 1 is 1.24 bits per heavy atom. The fourth-order valence-corrected chi connectivity index (χ4v) is 2.27. The highest BCUT2D eigenvalue weighted by molar-refractivity contribution is 6.21. The molecule has 1 amide bonds. The molecule has 0 fully saturated rings. The van der Waals surface area contributed by atoms with E-state index in [4.69, 9.17) is 21.8 Å². The third kappa shape index (κ3) is 6.44. The highest BCUT2D eigenvalue weighted by Gasteiger charge is 2.13. The van der Waals surface area contributed by atoms with Gasteiger partial charge in [0.2, 0.25) is 5.91 Å². The van der Waals surface area contributed by atoms with Crippen molar-refractivity contribution in [3.63, 3.8) is 0 Å². The molecular formula is C15H23ClN2O3. The van der Waals surface area contributed by atoms with Crippen molar-refractivity contribution in [3.05, 3.63) is 29.8 Å². The number of carbonyl (C=O) groups excluding carboxylic acids is 1. The van der Waals surface area contributed by atoms with Crippen molar-refractivity contribution >= 4 is 23.2 Å². The molecule has 0 heterocycles.